The zero-order valence-corrected chi connectivity index (χ0v) is 16.2. The number of ether oxygens (including phenoxy) is 1. The van der Waals surface area contributed by atoms with E-state index in [9.17, 15) is 5.11 Å². The van der Waals surface area contributed by atoms with Crippen LogP contribution in [0.15, 0.2) is 59.7 Å². The van der Waals surface area contributed by atoms with Crippen LogP contribution in [-0.4, -0.2) is 28.4 Å². The van der Waals surface area contributed by atoms with Gasteiger partial charge in [0.15, 0.2) is 17.3 Å². The van der Waals surface area contributed by atoms with Crippen LogP contribution in [-0.2, 0) is 0 Å². The van der Waals surface area contributed by atoms with E-state index >= 15 is 0 Å². The number of hydrogen-bond acceptors (Lipinski definition) is 7. The maximum Gasteiger partial charge on any atom is 0.160 e. The monoisotopic (exact) mass is 390 g/mol. The maximum absolute atomic E-state index is 9.87. The molecule has 7 heteroatoms. The van der Waals surface area contributed by atoms with Gasteiger partial charge in [0.2, 0.25) is 0 Å². The van der Waals surface area contributed by atoms with E-state index in [2.05, 4.69) is 38.7 Å². The summed E-state index contributed by atoms with van der Waals surface area (Å²) in [6.07, 6.45) is 1.62. The largest absolute Gasteiger partial charge is 0.504 e. The summed E-state index contributed by atoms with van der Waals surface area (Å²) in [5.74, 6) is 1.81. The molecule has 0 radical (unpaired) electrons. The minimum Gasteiger partial charge on any atom is -0.504 e. The van der Waals surface area contributed by atoms with Crippen LogP contribution in [0, 0.1) is 6.92 Å². The van der Waals surface area contributed by atoms with E-state index in [0.717, 1.165) is 26.2 Å². The highest BCUT2D eigenvalue weighted by molar-refractivity contribution is 7.21. The Morgan fingerprint density at radius 1 is 1.11 bits per heavy atom. The summed E-state index contributed by atoms with van der Waals surface area (Å²) in [6, 6.07) is 17.3. The number of fused-ring (bicyclic) bond motifs is 1. The highest BCUT2D eigenvalue weighted by Crippen LogP contribution is 2.35. The summed E-state index contributed by atoms with van der Waals surface area (Å²) in [4.78, 5) is 11.1. The number of nitrogens with one attached hydrogen (secondary N) is 1. The fourth-order valence-corrected chi connectivity index (χ4v) is 3.90. The second kappa shape index (κ2) is 7.66. The normalized spacial score (nSPS) is 11.2. The lowest BCUT2D eigenvalue weighted by Crippen LogP contribution is -1.97. The predicted molar refractivity (Wildman–Crippen MR) is 113 cm³/mol. The molecule has 0 saturated heterocycles. The number of rotatable bonds is 5. The number of methoxy groups -OCH3 is 1. The molecule has 0 atom stereocenters. The molecule has 140 valence electrons. The van der Waals surface area contributed by atoms with Crippen LogP contribution < -0.4 is 10.2 Å². The first-order valence-corrected chi connectivity index (χ1v) is 9.45. The number of aryl methyl sites for hydroxylation is 1. The van der Waals surface area contributed by atoms with Crippen LogP contribution in [0.4, 0.5) is 5.82 Å². The number of thiophene rings is 1. The average Bonchev–Trinajstić information content (AvgIpc) is 3.13. The van der Waals surface area contributed by atoms with Crippen LogP contribution in [0.1, 0.15) is 11.4 Å². The summed E-state index contributed by atoms with van der Waals surface area (Å²) in [6.45, 7) is 1.86. The molecule has 0 unspecified atom stereocenters. The number of aromatic nitrogens is 2. The fourth-order valence-electron chi connectivity index (χ4n) is 2.81. The van der Waals surface area contributed by atoms with Crippen molar-refractivity contribution >= 4 is 33.6 Å². The Bertz CT molecular complexity index is 1160. The van der Waals surface area contributed by atoms with Crippen molar-refractivity contribution in [2.45, 2.75) is 6.92 Å². The van der Waals surface area contributed by atoms with E-state index in [1.807, 2.05) is 31.2 Å². The summed E-state index contributed by atoms with van der Waals surface area (Å²) >= 11 is 1.62. The highest BCUT2D eigenvalue weighted by atomic mass is 32.1. The number of phenols is 1. The Kier molecular flexibility index (Phi) is 4.90. The van der Waals surface area contributed by atoms with E-state index in [0.29, 0.717) is 17.4 Å². The van der Waals surface area contributed by atoms with Gasteiger partial charge in [-0.15, -0.1) is 11.3 Å². The van der Waals surface area contributed by atoms with Crippen molar-refractivity contribution < 1.29 is 9.84 Å². The van der Waals surface area contributed by atoms with Crippen LogP contribution in [0.3, 0.4) is 0 Å². The van der Waals surface area contributed by atoms with E-state index in [-0.39, 0.29) is 5.75 Å². The van der Waals surface area contributed by atoms with Crippen molar-refractivity contribution in [3.8, 4) is 21.9 Å². The van der Waals surface area contributed by atoms with Gasteiger partial charge >= 0.3 is 0 Å². The number of hydrazone groups is 1. The third-order valence-corrected chi connectivity index (χ3v) is 5.23. The van der Waals surface area contributed by atoms with Gasteiger partial charge in [-0.2, -0.15) is 5.10 Å². The number of nitrogens with zero attached hydrogens (tertiary/aromatic N) is 3. The standard InChI is InChI=1S/C21H18N4O2S/c1-13-23-20(25-22-12-14-8-9-18(27-2)17(26)10-14)16-11-19(28-21(16)24-13)15-6-4-3-5-7-15/h3-12,26H,1-2H3,(H,23,24,25)/b22-12-. The molecule has 0 saturated carbocycles. The fraction of sp³-hybridized carbons (Fsp3) is 0.0952. The molecule has 4 rings (SSSR count). The molecule has 4 aromatic rings. The van der Waals surface area contributed by atoms with Crippen molar-refractivity contribution in [1.29, 1.82) is 0 Å². The van der Waals surface area contributed by atoms with Crippen LogP contribution in [0.25, 0.3) is 20.7 Å². The molecule has 2 N–H and O–H groups in total. The van der Waals surface area contributed by atoms with Gasteiger partial charge in [0.25, 0.3) is 0 Å². The zero-order chi connectivity index (χ0) is 19.5. The molecule has 28 heavy (non-hydrogen) atoms. The molecule has 2 aromatic heterocycles. The SMILES string of the molecule is COc1ccc(/C=N\Nc2nc(C)nc3sc(-c4ccccc4)cc23)cc1O. The van der Waals surface area contributed by atoms with Gasteiger partial charge in [-0.3, -0.25) is 5.43 Å². The Morgan fingerprint density at radius 3 is 2.68 bits per heavy atom. The molecule has 0 aliphatic rings. The van der Waals surface area contributed by atoms with Crippen LogP contribution in [0.2, 0.25) is 0 Å². The van der Waals surface area contributed by atoms with Gasteiger partial charge < -0.3 is 9.84 Å². The Hall–Kier alpha value is -3.45. The number of benzene rings is 2. The smallest absolute Gasteiger partial charge is 0.160 e. The molecule has 2 heterocycles. The zero-order valence-electron chi connectivity index (χ0n) is 15.4. The molecular weight excluding hydrogens is 372 g/mol. The molecule has 0 bridgehead atoms. The van der Waals surface area contributed by atoms with Gasteiger partial charge in [-0.05, 0) is 42.3 Å². The molecule has 0 aliphatic carbocycles. The van der Waals surface area contributed by atoms with Gasteiger partial charge in [0.1, 0.15) is 10.7 Å². The average molecular weight is 390 g/mol. The van der Waals surface area contributed by atoms with Crippen molar-refractivity contribution in [1.82, 2.24) is 9.97 Å². The van der Waals surface area contributed by atoms with Crippen molar-refractivity contribution in [2.24, 2.45) is 5.10 Å². The number of hydrogen-bond donors (Lipinski definition) is 2. The molecule has 0 fully saturated rings. The Labute approximate surface area is 166 Å². The first-order valence-electron chi connectivity index (χ1n) is 8.64. The second-order valence-corrected chi connectivity index (χ2v) is 7.15. The Morgan fingerprint density at radius 2 is 1.93 bits per heavy atom. The predicted octanol–water partition coefficient (Wildman–Crippen LogP) is 4.83. The molecule has 0 spiro atoms. The van der Waals surface area contributed by atoms with E-state index in [1.54, 1.807) is 29.7 Å². The third kappa shape index (κ3) is 3.65. The van der Waals surface area contributed by atoms with Crippen LogP contribution in [0.5, 0.6) is 11.5 Å². The number of phenolic OH excluding ortho intramolecular Hbond substituents is 1. The molecule has 2 aromatic carbocycles. The van der Waals surface area contributed by atoms with Crippen molar-refractivity contribution in [3.63, 3.8) is 0 Å². The van der Waals surface area contributed by atoms with Gasteiger partial charge in [-0.25, -0.2) is 9.97 Å². The van der Waals surface area contributed by atoms with Crippen molar-refractivity contribution in [3.05, 3.63) is 66.0 Å². The number of anilines is 1. The second-order valence-electron chi connectivity index (χ2n) is 6.12. The summed E-state index contributed by atoms with van der Waals surface area (Å²) in [7, 11) is 1.51. The lowest BCUT2D eigenvalue weighted by atomic mass is 10.2. The minimum atomic E-state index is 0.0667. The molecule has 0 aliphatic heterocycles. The maximum atomic E-state index is 9.87. The minimum absolute atomic E-state index is 0.0667. The molecule has 0 amide bonds. The lowest BCUT2D eigenvalue weighted by Gasteiger charge is -2.04. The molecule has 6 nitrogen and oxygen atoms in total. The quantitative estimate of drug-likeness (QED) is 0.377. The van der Waals surface area contributed by atoms with Gasteiger partial charge in [0, 0.05) is 4.88 Å². The van der Waals surface area contributed by atoms with Crippen LogP contribution >= 0.6 is 11.3 Å². The number of aromatic hydroxyl groups is 1. The lowest BCUT2D eigenvalue weighted by molar-refractivity contribution is 0.373. The van der Waals surface area contributed by atoms with E-state index in [4.69, 9.17) is 4.74 Å². The van der Waals surface area contributed by atoms with Crippen molar-refractivity contribution in [2.75, 3.05) is 12.5 Å². The highest BCUT2D eigenvalue weighted by Gasteiger charge is 2.11. The first kappa shape index (κ1) is 17.9. The third-order valence-electron chi connectivity index (χ3n) is 4.15. The topological polar surface area (TPSA) is 79.6 Å². The first-order chi connectivity index (χ1) is 13.6. The summed E-state index contributed by atoms with van der Waals surface area (Å²) < 4.78 is 5.05. The van der Waals surface area contributed by atoms with E-state index < -0.39 is 0 Å². The summed E-state index contributed by atoms with van der Waals surface area (Å²) in [5.41, 5.74) is 4.89. The van der Waals surface area contributed by atoms with Gasteiger partial charge in [-0.1, -0.05) is 30.3 Å². The Balaban J connectivity index is 1.63. The van der Waals surface area contributed by atoms with E-state index in [1.165, 1.54) is 7.11 Å². The summed E-state index contributed by atoms with van der Waals surface area (Å²) in [5, 5.41) is 15.1. The molecular formula is C21H18N4O2S. The van der Waals surface area contributed by atoms with Gasteiger partial charge in [0.05, 0.1) is 18.7 Å².